The lowest BCUT2D eigenvalue weighted by Crippen LogP contribution is -2.48. The zero-order valence-corrected chi connectivity index (χ0v) is 12.0. The van der Waals surface area contributed by atoms with Gasteiger partial charge in [0, 0.05) is 11.1 Å². The van der Waals surface area contributed by atoms with Crippen LogP contribution in [0.15, 0.2) is 5.38 Å². The normalized spacial score (nSPS) is 25.7. The number of piperidine rings is 1. The first kappa shape index (κ1) is 13.5. The van der Waals surface area contributed by atoms with Crippen molar-refractivity contribution < 1.29 is 4.79 Å². The van der Waals surface area contributed by atoms with E-state index in [1.807, 2.05) is 19.2 Å². The van der Waals surface area contributed by atoms with Gasteiger partial charge in [0.15, 0.2) is 0 Å². The summed E-state index contributed by atoms with van der Waals surface area (Å²) in [4.78, 5) is 16.5. The van der Waals surface area contributed by atoms with Crippen molar-refractivity contribution in [2.24, 2.45) is 5.92 Å². The standard InChI is InChI=1S/C13H21N3OS/c1-8-4-5-14-11(6-8)12(17)16-10(3)13-15-9(2)7-18-13/h7-8,10-11,14H,4-6H2,1-3H3,(H,16,17). The van der Waals surface area contributed by atoms with E-state index in [4.69, 9.17) is 0 Å². The molecule has 2 rings (SSSR count). The molecular weight excluding hydrogens is 246 g/mol. The quantitative estimate of drug-likeness (QED) is 0.881. The minimum absolute atomic E-state index is 0.00441. The van der Waals surface area contributed by atoms with Crippen LogP contribution in [0.4, 0.5) is 0 Å². The largest absolute Gasteiger partial charge is 0.346 e. The van der Waals surface area contributed by atoms with Gasteiger partial charge in [0.05, 0.1) is 12.1 Å². The Morgan fingerprint density at radius 2 is 2.44 bits per heavy atom. The number of rotatable bonds is 3. The molecule has 1 saturated heterocycles. The highest BCUT2D eigenvalue weighted by molar-refractivity contribution is 7.09. The fourth-order valence-electron chi connectivity index (χ4n) is 2.25. The van der Waals surface area contributed by atoms with Crippen LogP contribution in [0.1, 0.15) is 43.4 Å². The van der Waals surface area contributed by atoms with Crippen molar-refractivity contribution in [3.63, 3.8) is 0 Å². The third-order valence-electron chi connectivity index (χ3n) is 3.35. The van der Waals surface area contributed by atoms with Crippen LogP contribution in [0.25, 0.3) is 0 Å². The van der Waals surface area contributed by atoms with Crippen molar-refractivity contribution >= 4 is 17.2 Å². The molecule has 1 aromatic rings. The summed E-state index contributed by atoms with van der Waals surface area (Å²) in [6, 6.07) is -0.0486. The molecule has 2 N–H and O–H groups in total. The Labute approximate surface area is 112 Å². The summed E-state index contributed by atoms with van der Waals surface area (Å²) in [5.41, 5.74) is 1.01. The maximum atomic E-state index is 12.1. The number of aryl methyl sites for hydroxylation is 1. The Hall–Kier alpha value is -0.940. The minimum Gasteiger partial charge on any atom is -0.346 e. The van der Waals surface area contributed by atoms with E-state index in [1.165, 1.54) is 0 Å². The van der Waals surface area contributed by atoms with Gasteiger partial charge in [-0.2, -0.15) is 0 Å². The van der Waals surface area contributed by atoms with Crippen molar-refractivity contribution in [3.8, 4) is 0 Å². The van der Waals surface area contributed by atoms with Crippen molar-refractivity contribution in [3.05, 3.63) is 16.1 Å². The smallest absolute Gasteiger partial charge is 0.237 e. The summed E-state index contributed by atoms with van der Waals surface area (Å²) in [6.45, 7) is 7.10. The van der Waals surface area contributed by atoms with E-state index < -0.39 is 0 Å². The van der Waals surface area contributed by atoms with Gasteiger partial charge in [0.25, 0.3) is 0 Å². The number of hydrogen-bond acceptors (Lipinski definition) is 4. The van der Waals surface area contributed by atoms with E-state index in [1.54, 1.807) is 11.3 Å². The molecule has 4 nitrogen and oxygen atoms in total. The van der Waals surface area contributed by atoms with E-state index in [0.29, 0.717) is 5.92 Å². The molecule has 3 atom stereocenters. The molecule has 2 heterocycles. The van der Waals surface area contributed by atoms with Gasteiger partial charge in [-0.25, -0.2) is 4.98 Å². The van der Waals surface area contributed by atoms with Crippen LogP contribution in [0.5, 0.6) is 0 Å². The van der Waals surface area contributed by atoms with Crippen LogP contribution in [0.3, 0.4) is 0 Å². The van der Waals surface area contributed by atoms with E-state index >= 15 is 0 Å². The summed E-state index contributed by atoms with van der Waals surface area (Å²) < 4.78 is 0. The number of thiazole rings is 1. The molecule has 0 spiro atoms. The van der Waals surface area contributed by atoms with Crippen LogP contribution in [0, 0.1) is 12.8 Å². The second-order valence-electron chi connectivity index (χ2n) is 5.19. The zero-order valence-electron chi connectivity index (χ0n) is 11.2. The van der Waals surface area contributed by atoms with Crippen LogP contribution >= 0.6 is 11.3 Å². The molecule has 1 aliphatic rings. The Kier molecular flexibility index (Phi) is 4.35. The molecular formula is C13H21N3OS. The fraction of sp³-hybridized carbons (Fsp3) is 0.692. The fourth-order valence-corrected chi connectivity index (χ4v) is 3.06. The topological polar surface area (TPSA) is 54.0 Å². The van der Waals surface area contributed by atoms with Gasteiger partial charge in [-0.1, -0.05) is 6.92 Å². The van der Waals surface area contributed by atoms with E-state index in [2.05, 4.69) is 22.5 Å². The van der Waals surface area contributed by atoms with Gasteiger partial charge in [-0.05, 0) is 39.2 Å². The summed E-state index contributed by atoms with van der Waals surface area (Å²) in [5, 5.41) is 9.32. The summed E-state index contributed by atoms with van der Waals surface area (Å²) in [6.07, 6.45) is 2.08. The Bertz CT molecular complexity index is 418. The van der Waals surface area contributed by atoms with Crippen molar-refractivity contribution in [1.29, 1.82) is 0 Å². The first-order chi connectivity index (χ1) is 8.56. The SMILES string of the molecule is Cc1csc(C(C)NC(=O)C2CC(C)CCN2)n1. The third-order valence-corrected chi connectivity index (χ3v) is 4.49. The van der Waals surface area contributed by atoms with Gasteiger partial charge >= 0.3 is 0 Å². The monoisotopic (exact) mass is 267 g/mol. The van der Waals surface area contributed by atoms with E-state index in [-0.39, 0.29) is 18.0 Å². The molecule has 0 radical (unpaired) electrons. The second-order valence-corrected chi connectivity index (χ2v) is 6.08. The number of amides is 1. The predicted octanol–water partition coefficient (Wildman–Crippen LogP) is 2.02. The molecule has 1 aliphatic heterocycles. The van der Waals surface area contributed by atoms with Crippen molar-refractivity contribution in [2.45, 2.75) is 45.7 Å². The number of aromatic nitrogens is 1. The number of nitrogens with one attached hydrogen (secondary N) is 2. The summed E-state index contributed by atoms with van der Waals surface area (Å²) in [5.74, 6) is 0.723. The summed E-state index contributed by atoms with van der Waals surface area (Å²) >= 11 is 1.60. The van der Waals surface area contributed by atoms with Crippen LogP contribution < -0.4 is 10.6 Å². The van der Waals surface area contributed by atoms with Crippen LogP contribution in [-0.4, -0.2) is 23.5 Å². The maximum Gasteiger partial charge on any atom is 0.237 e. The number of carbonyl (C=O) groups excluding carboxylic acids is 1. The molecule has 1 amide bonds. The Morgan fingerprint density at radius 1 is 1.67 bits per heavy atom. The van der Waals surface area contributed by atoms with E-state index in [0.717, 1.165) is 30.1 Å². The highest BCUT2D eigenvalue weighted by Crippen LogP contribution is 2.19. The highest BCUT2D eigenvalue weighted by Gasteiger charge is 2.25. The molecule has 100 valence electrons. The Balaban J connectivity index is 1.90. The van der Waals surface area contributed by atoms with Gasteiger partial charge in [0.1, 0.15) is 5.01 Å². The lowest BCUT2D eigenvalue weighted by Gasteiger charge is -2.28. The molecule has 0 saturated carbocycles. The second kappa shape index (κ2) is 5.80. The first-order valence-electron chi connectivity index (χ1n) is 6.52. The number of carbonyl (C=O) groups is 1. The third kappa shape index (κ3) is 3.29. The minimum atomic E-state index is -0.0442. The van der Waals surface area contributed by atoms with Crippen molar-refractivity contribution in [2.75, 3.05) is 6.54 Å². The van der Waals surface area contributed by atoms with Gasteiger partial charge in [-0.15, -0.1) is 11.3 Å². The highest BCUT2D eigenvalue weighted by atomic mass is 32.1. The molecule has 5 heteroatoms. The molecule has 0 aliphatic carbocycles. The summed E-state index contributed by atoms with van der Waals surface area (Å²) in [7, 11) is 0. The Morgan fingerprint density at radius 3 is 3.06 bits per heavy atom. The molecule has 3 unspecified atom stereocenters. The average Bonchev–Trinajstić information content (AvgIpc) is 2.76. The number of nitrogens with zero attached hydrogens (tertiary/aromatic N) is 1. The maximum absolute atomic E-state index is 12.1. The molecule has 0 aromatic carbocycles. The first-order valence-corrected chi connectivity index (χ1v) is 7.40. The van der Waals surface area contributed by atoms with Gasteiger partial charge < -0.3 is 10.6 Å². The lowest BCUT2D eigenvalue weighted by atomic mass is 9.94. The van der Waals surface area contributed by atoms with E-state index in [9.17, 15) is 4.79 Å². The van der Waals surface area contributed by atoms with Gasteiger partial charge in [0.2, 0.25) is 5.91 Å². The van der Waals surface area contributed by atoms with Gasteiger partial charge in [-0.3, -0.25) is 4.79 Å². The molecule has 18 heavy (non-hydrogen) atoms. The molecule has 1 aromatic heterocycles. The molecule has 1 fully saturated rings. The molecule has 0 bridgehead atoms. The van der Waals surface area contributed by atoms with Crippen LogP contribution in [0.2, 0.25) is 0 Å². The zero-order chi connectivity index (χ0) is 13.1. The average molecular weight is 267 g/mol. The predicted molar refractivity (Wildman–Crippen MR) is 73.6 cm³/mol. The van der Waals surface area contributed by atoms with Crippen LogP contribution in [-0.2, 0) is 4.79 Å². The number of hydrogen-bond donors (Lipinski definition) is 2. The van der Waals surface area contributed by atoms with Crippen molar-refractivity contribution in [1.82, 2.24) is 15.6 Å². The lowest BCUT2D eigenvalue weighted by molar-refractivity contribution is -0.124.